The molecule has 0 saturated heterocycles. The molecule has 6 heteroatoms. The lowest BCUT2D eigenvalue weighted by Gasteiger charge is -2.10. The third-order valence-corrected chi connectivity index (χ3v) is 3.40. The van der Waals surface area contributed by atoms with Crippen LogP contribution in [0.25, 0.3) is 6.08 Å². The molecule has 0 saturated carbocycles. The predicted octanol–water partition coefficient (Wildman–Crippen LogP) is 4.70. The van der Waals surface area contributed by atoms with Gasteiger partial charge in [0.15, 0.2) is 0 Å². The number of amides is 1. The molecule has 0 atom stereocenters. The molecule has 1 N–H and O–H groups in total. The molecule has 2 aromatic rings. The smallest absolute Gasteiger partial charge is 0.387 e. The van der Waals surface area contributed by atoms with E-state index in [-0.39, 0.29) is 11.4 Å². The first-order valence-corrected chi connectivity index (χ1v) is 7.13. The molecule has 0 aromatic heterocycles. The molecule has 114 valence electrons. The lowest BCUT2D eigenvalue weighted by Crippen LogP contribution is -2.11. The molecule has 0 heterocycles. The van der Waals surface area contributed by atoms with E-state index in [0.29, 0.717) is 0 Å². The first-order chi connectivity index (χ1) is 10.6. The molecule has 0 aliphatic carbocycles. The summed E-state index contributed by atoms with van der Waals surface area (Å²) in [4.78, 5) is 11.9. The van der Waals surface area contributed by atoms with Gasteiger partial charge >= 0.3 is 6.61 Å². The summed E-state index contributed by atoms with van der Waals surface area (Å²) in [7, 11) is 0. The first kappa shape index (κ1) is 16.2. The van der Waals surface area contributed by atoms with E-state index in [0.717, 1.165) is 10.0 Å². The van der Waals surface area contributed by atoms with Gasteiger partial charge in [0.25, 0.3) is 0 Å². The van der Waals surface area contributed by atoms with Gasteiger partial charge in [0.05, 0.1) is 5.69 Å². The minimum absolute atomic E-state index is 0.0832. The average molecular weight is 368 g/mol. The van der Waals surface area contributed by atoms with Crippen molar-refractivity contribution in [3.05, 3.63) is 64.6 Å². The highest BCUT2D eigenvalue weighted by Gasteiger charge is 2.10. The second-order valence-electron chi connectivity index (χ2n) is 4.22. The minimum atomic E-state index is -2.95. The van der Waals surface area contributed by atoms with Crippen molar-refractivity contribution in [2.45, 2.75) is 6.61 Å². The molecule has 0 fully saturated rings. The van der Waals surface area contributed by atoms with Crippen molar-refractivity contribution >= 4 is 33.6 Å². The van der Waals surface area contributed by atoms with Crippen molar-refractivity contribution in [1.29, 1.82) is 0 Å². The van der Waals surface area contributed by atoms with E-state index >= 15 is 0 Å². The lowest BCUT2D eigenvalue weighted by atomic mass is 10.2. The Morgan fingerprint density at radius 2 is 1.82 bits per heavy atom. The summed E-state index contributed by atoms with van der Waals surface area (Å²) in [5, 5.41) is 2.51. The number of alkyl halides is 2. The van der Waals surface area contributed by atoms with E-state index in [1.54, 1.807) is 18.2 Å². The SMILES string of the molecule is O=C(/C=C/c1ccccc1Br)Nc1ccccc1OC(F)F. The zero-order valence-corrected chi connectivity index (χ0v) is 12.9. The number of ether oxygens (including phenoxy) is 1. The Morgan fingerprint density at radius 3 is 2.55 bits per heavy atom. The summed E-state index contributed by atoms with van der Waals surface area (Å²) in [6, 6.07) is 13.4. The number of halogens is 3. The van der Waals surface area contributed by atoms with Crippen LogP contribution in [0.4, 0.5) is 14.5 Å². The maximum Gasteiger partial charge on any atom is 0.387 e. The summed E-state index contributed by atoms with van der Waals surface area (Å²) in [6.45, 7) is -2.95. The lowest BCUT2D eigenvalue weighted by molar-refractivity contribution is -0.111. The normalized spacial score (nSPS) is 10.9. The topological polar surface area (TPSA) is 38.3 Å². The van der Waals surface area contributed by atoms with E-state index in [4.69, 9.17) is 0 Å². The minimum Gasteiger partial charge on any atom is -0.433 e. The quantitative estimate of drug-likeness (QED) is 0.777. The first-order valence-electron chi connectivity index (χ1n) is 6.33. The third-order valence-electron chi connectivity index (χ3n) is 2.68. The Hall–Kier alpha value is -2.21. The van der Waals surface area contributed by atoms with E-state index in [9.17, 15) is 13.6 Å². The Bertz CT molecular complexity index is 689. The maximum absolute atomic E-state index is 12.3. The fourth-order valence-corrected chi connectivity index (χ4v) is 2.14. The number of rotatable bonds is 5. The zero-order valence-electron chi connectivity index (χ0n) is 11.3. The molecule has 2 rings (SSSR count). The molecule has 3 nitrogen and oxygen atoms in total. The number of carbonyl (C=O) groups excluding carboxylic acids is 1. The van der Waals surface area contributed by atoms with Crippen LogP contribution < -0.4 is 10.1 Å². The van der Waals surface area contributed by atoms with Crippen LogP contribution in [-0.4, -0.2) is 12.5 Å². The van der Waals surface area contributed by atoms with Crippen molar-refractivity contribution in [3.8, 4) is 5.75 Å². The van der Waals surface area contributed by atoms with E-state index in [1.807, 2.05) is 24.3 Å². The number of benzene rings is 2. The molecule has 2 aromatic carbocycles. The largest absolute Gasteiger partial charge is 0.433 e. The van der Waals surface area contributed by atoms with Crippen LogP contribution in [-0.2, 0) is 4.79 Å². The second-order valence-corrected chi connectivity index (χ2v) is 5.07. The molecule has 0 unspecified atom stereocenters. The fraction of sp³-hybridized carbons (Fsp3) is 0.0625. The molecular formula is C16H12BrF2NO2. The molecule has 0 aliphatic heterocycles. The van der Waals surface area contributed by atoms with Crippen LogP contribution in [0.1, 0.15) is 5.56 Å². The fourth-order valence-electron chi connectivity index (χ4n) is 1.72. The standard InChI is InChI=1S/C16H12BrF2NO2/c17-12-6-2-1-5-11(12)9-10-15(21)20-13-7-3-4-8-14(13)22-16(18)19/h1-10,16H,(H,20,21)/b10-9+. The monoisotopic (exact) mass is 367 g/mol. The molecular weight excluding hydrogens is 356 g/mol. The van der Waals surface area contributed by atoms with Crippen LogP contribution in [0, 0.1) is 0 Å². The summed E-state index contributed by atoms with van der Waals surface area (Å²) < 4.78 is 29.8. The van der Waals surface area contributed by atoms with Crippen molar-refractivity contribution in [2.75, 3.05) is 5.32 Å². The van der Waals surface area contributed by atoms with Gasteiger partial charge in [-0.15, -0.1) is 0 Å². The molecule has 22 heavy (non-hydrogen) atoms. The van der Waals surface area contributed by atoms with Crippen LogP contribution in [0.2, 0.25) is 0 Å². The average Bonchev–Trinajstić information content (AvgIpc) is 2.48. The predicted molar refractivity (Wildman–Crippen MR) is 84.9 cm³/mol. The van der Waals surface area contributed by atoms with Gasteiger partial charge in [-0.2, -0.15) is 8.78 Å². The van der Waals surface area contributed by atoms with Gasteiger partial charge in [-0.05, 0) is 29.8 Å². The van der Waals surface area contributed by atoms with E-state index in [1.165, 1.54) is 18.2 Å². The van der Waals surface area contributed by atoms with Crippen LogP contribution in [0.3, 0.4) is 0 Å². The number of hydrogen-bond acceptors (Lipinski definition) is 2. The summed E-state index contributed by atoms with van der Waals surface area (Å²) in [5.41, 5.74) is 1.01. The van der Waals surface area contributed by atoms with Gasteiger partial charge in [0.2, 0.25) is 5.91 Å². The van der Waals surface area contributed by atoms with Crippen LogP contribution in [0.5, 0.6) is 5.75 Å². The summed E-state index contributed by atoms with van der Waals surface area (Å²) in [5.74, 6) is -0.527. The maximum atomic E-state index is 12.3. The second kappa shape index (κ2) is 7.70. The van der Waals surface area contributed by atoms with Gasteiger partial charge in [-0.3, -0.25) is 4.79 Å². The molecule has 0 bridgehead atoms. The van der Waals surface area contributed by atoms with Gasteiger partial charge in [-0.1, -0.05) is 46.3 Å². The number of hydrogen-bond donors (Lipinski definition) is 1. The van der Waals surface area contributed by atoms with Gasteiger partial charge in [-0.25, -0.2) is 0 Å². The van der Waals surface area contributed by atoms with Gasteiger partial charge < -0.3 is 10.1 Å². The highest BCUT2D eigenvalue weighted by atomic mass is 79.9. The van der Waals surface area contributed by atoms with Crippen molar-refractivity contribution in [3.63, 3.8) is 0 Å². The Morgan fingerprint density at radius 1 is 1.14 bits per heavy atom. The van der Waals surface area contributed by atoms with Crippen molar-refractivity contribution in [2.24, 2.45) is 0 Å². The van der Waals surface area contributed by atoms with E-state index < -0.39 is 12.5 Å². The Balaban J connectivity index is 2.08. The third kappa shape index (κ3) is 4.66. The molecule has 0 radical (unpaired) electrons. The van der Waals surface area contributed by atoms with Gasteiger partial charge in [0.1, 0.15) is 5.75 Å². The number of nitrogens with one attached hydrogen (secondary N) is 1. The highest BCUT2D eigenvalue weighted by Crippen LogP contribution is 2.25. The van der Waals surface area contributed by atoms with Crippen LogP contribution >= 0.6 is 15.9 Å². The van der Waals surface area contributed by atoms with E-state index in [2.05, 4.69) is 26.0 Å². The molecule has 1 amide bonds. The highest BCUT2D eigenvalue weighted by molar-refractivity contribution is 9.10. The van der Waals surface area contributed by atoms with Gasteiger partial charge in [0, 0.05) is 10.5 Å². The zero-order chi connectivity index (χ0) is 15.9. The van der Waals surface area contributed by atoms with Crippen LogP contribution in [0.15, 0.2) is 59.1 Å². The summed E-state index contributed by atoms with van der Waals surface area (Å²) in [6.07, 6.45) is 2.94. The van der Waals surface area contributed by atoms with Crippen molar-refractivity contribution in [1.82, 2.24) is 0 Å². The number of anilines is 1. The Kier molecular flexibility index (Phi) is 5.66. The summed E-state index contributed by atoms with van der Waals surface area (Å²) >= 11 is 3.37. The number of para-hydroxylation sites is 2. The number of carbonyl (C=O) groups is 1. The molecule has 0 aliphatic rings. The Labute approximate surface area is 134 Å². The van der Waals surface area contributed by atoms with Crippen molar-refractivity contribution < 1.29 is 18.3 Å². The molecule has 0 spiro atoms.